The number of likely N-dealkylation sites (N-methyl/N-ethyl adjacent to an activating group) is 1. The first kappa shape index (κ1) is 26.3. The molecule has 7 atom stereocenters. The van der Waals surface area contributed by atoms with Gasteiger partial charge in [-0.05, 0) is 19.3 Å². The molecule has 0 aliphatic carbocycles. The van der Waals surface area contributed by atoms with Crippen molar-refractivity contribution >= 4 is 29.5 Å². The molecule has 4 rings (SSSR count). The van der Waals surface area contributed by atoms with E-state index in [0.29, 0.717) is 19.6 Å². The Hall–Kier alpha value is -1.80. The summed E-state index contributed by atoms with van der Waals surface area (Å²) in [6.07, 6.45) is 12.0. The van der Waals surface area contributed by atoms with Gasteiger partial charge >= 0.3 is 0 Å². The van der Waals surface area contributed by atoms with E-state index in [4.69, 9.17) is 0 Å². The molecule has 4 aliphatic heterocycles. The van der Waals surface area contributed by atoms with Crippen LogP contribution in [-0.4, -0.2) is 92.4 Å². The first-order chi connectivity index (χ1) is 16.7. The molecular weight excluding hydrogens is 462 g/mol. The van der Waals surface area contributed by atoms with E-state index in [1.165, 1.54) is 0 Å². The Morgan fingerprint density at radius 1 is 1.06 bits per heavy atom. The molecule has 2 fully saturated rings. The quantitative estimate of drug-likeness (QED) is 0.407. The lowest BCUT2D eigenvalue weighted by molar-refractivity contribution is -0.148. The number of likely N-dealkylation sites (tertiary alicyclic amines) is 1. The molecule has 194 valence electrons. The molecule has 0 aromatic heterocycles. The summed E-state index contributed by atoms with van der Waals surface area (Å²) in [6, 6.07) is -1.19. The lowest BCUT2D eigenvalue weighted by atomic mass is 9.74. The van der Waals surface area contributed by atoms with Crippen LogP contribution in [0.3, 0.4) is 0 Å². The second kappa shape index (κ2) is 9.92. The highest BCUT2D eigenvalue weighted by atomic mass is 32.2. The maximum atomic E-state index is 14.4. The monoisotopic (exact) mass is 503 g/mol. The first-order valence-electron chi connectivity index (χ1n) is 13.2. The number of aliphatic hydroxyl groups excluding tert-OH is 1. The molecule has 0 aromatic rings. The van der Waals surface area contributed by atoms with Crippen molar-refractivity contribution in [3.63, 3.8) is 0 Å². The van der Waals surface area contributed by atoms with Crippen molar-refractivity contribution in [2.45, 2.75) is 75.0 Å². The number of unbranched alkanes of at least 4 members (excludes halogenated alkanes) is 2. The number of amides is 3. The number of carbonyl (C=O) groups excluding carboxylic acids is 3. The molecule has 0 bridgehead atoms. The molecule has 3 amide bonds. The van der Waals surface area contributed by atoms with Crippen molar-refractivity contribution in [3.8, 4) is 0 Å². The summed E-state index contributed by atoms with van der Waals surface area (Å²) in [5.74, 6) is -1.44. The summed E-state index contributed by atoms with van der Waals surface area (Å²) >= 11 is 1.61. The van der Waals surface area contributed by atoms with E-state index in [2.05, 4.69) is 19.1 Å². The van der Waals surface area contributed by atoms with Crippen LogP contribution < -0.4 is 0 Å². The lowest BCUT2D eigenvalue weighted by Gasteiger charge is -2.41. The number of hydrogen-bond acceptors (Lipinski definition) is 5. The second-order valence-corrected chi connectivity index (χ2v) is 12.7. The third kappa shape index (κ3) is 4.05. The van der Waals surface area contributed by atoms with Gasteiger partial charge in [0.05, 0.1) is 29.2 Å². The number of carbonyl (C=O) groups is 3. The Morgan fingerprint density at radius 2 is 1.77 bits per heavy atom. The fourth-order valence-corrected chi connectivity index (χ4v) is 8.70. The van der Waals surface area contributed by atoms with Gasteiger partial charge < -0.3 is 19.8 Å². The molecule has 0 saturated carbocycles. The highest BCUT2D eigenvalue weighted by molar-refractivity contribution is 8.02. The number of fused-ring (bicyclic) bond motifs is 2. The van der Waals surface area contributed by atoms with E-state index in [1.807, 2.05) is 37.8 Å². The third-order valence-electron chi connectivity index (χ3n) is 8.66. The minimum atomic E-state index is -0.841. The summed E-state index contributed by atoms with van der Waals surface area (Å²) in [7, 11) is 1.78. The fourth-order valence-electron chi connectivity index (χ4n) is 6.55. The average molecular weight is 504 g/mol. The maximum absolute atomic E-state index is 14.4. The molecule has 4 aliphatic rings. The zero-order chi connectivity index (χ0) is 25.5. The van der Waals surface area contributed by atoms with Crippen molar-refractivity contribution in [1.29, 1.82) is 0 Å². The van der Waals surface area contributed by atoms with Crippen LogP contribution in [0.5, 0.6) is 0 Å². The summed E-state index contributed by atoms with van der Waals surface area (Å²) in [5.41, 5.74) is 0. The second-order valence-electron chi connectivity index (χ2n) is 10.9. The van der Waals surface area contributed by atoms with Gasteiger partial charge in [-0.2, -0.15) is 0 Å². The van der Waals surface area contributed by atoms with Gasteiger partial charge in [-0.15, -0.1) is 11.8 Å². The Kier molecular flexibility index (Phi) is 7.45. The van der Waals surface area contributed by atoms with Gasteiger partial charge in [-0.1, -0.05) is 64.3 Å². The van der Waals surface area contributed by atoms with E-state index < -0.39 is 33.4 Å². The molecule has 0 radical (unpaired) electrons. The minimum Gasteiger partial charge on any atom is -0.394 e. The van der Waals surface area contributed by atoms with Gasteiger partial charge in [0.15, 0.2) is 0 Å². The van der Waals surface area contributed by atoms with Crippen LogP contribution in [0.4, 0.5) is 0 Å². The van der Waals surface area contributed by atoms with E-state index in [9.17, 15) is 19.5 Å². The van der Waals surface area contributed by atoms with Crippen LogP contribution in [0.25, 0.3) is 0 Å². The topological polar surface area (TPSA) is 81.2 Å². The molecule has 1 unspecified atom stereocenters. The predicted octanol–water partition coefficient (Wildman–Crippen LogP) is 2.70. The van der Waals surface area contributed by atoms with Gasteiger partial charge in [-0.25, -0.2) is 0 Å². The molecular formula is C27H41N3O4S. The molecule has 35 heavy (non-hydrogen) atoms. The molecule has 2 saturated heterocycles. The first-order valence-corrected chi connectivity index (χ1v) is 14.0. The lowest BCUT2D eigenvalue weighted by Crippen LogP contribution is -2.58. The highest BCUT2D eigenvalue weighted by Gasteiger charge is 2.74. The van der Waals surface area contributed by atoms with Crippen molar-refractivity contribution < 1.29 is 19.5 Å². The molecule has 8 heteroatoms. The standard InChI is InChI=1S/C27H41N3O4S/c1-6-8-9-15-29-16-11-13-27-21(20-23(32)28(5)14-10-12-26(20,4)35-27)24(33)30(22(27)25(29)34)19(17-31)18(3)7-2/h10-13,18-22,31H,6-9,14-17H2,1-5H3/t18-,19-,20+,21-,22?,26-,27-/m0/s1. The third-order valence-corrected chi connectivity index (χ3v) is 10.5. The Balaban J connectivity index is 1.85. The van der Waals surface area contributed by atoms with Crippen LogP contribution in [0.15, 0.2) is 24.3 Å². The number of hydrogen-bond donors (Lipinski definition) is 1. The smallest absolute Gasteiger partial charge is 0.247 e. The van der Waals surface area contributed by atoms with Gasteiger partial charge in [0, 0.05) is 31.4 Å². The summed E-state index contributed by atoms with van der Waals surface area (Å²) in [6.45, 7) is 9.71. The molecule has 1 N–H and O–H groups in total. The zero-order valence-electron chi connectivity index (χ0n) is 21.8. The van der Waals surface area contributed by atoms with Crippen LogP contribution in [0.1, 0.15) is 53.4 Å². The van der Waals surface area contributed by atoms with Crippen molar-refractivity contribution in [3.05, 3.63) is 24.3 Å². The number of rotatable bonds is 8. The van der Waals surface area contributed by atoms with Gasteiger partial charge in [0.2, 0.25) is 17.7 Å². The minimum absolute atomic E-state index is 0.0252. The molecule has 4 heterocycles. The number of thioether (sulfide) groups is 1. The van der Waals surface area contributed by atoms with E-state index in [-0.39, 0.29) is 30.2 Å². The van der Waals surface area contributed by atoms with Crippen molar-refractivity contribution in [2.24, 2.45) is 17.8 Å². The molecule has 0 aromatic carbocycles. The Labute approximate surface area is 214 Å². The normalized spacial score (nSPS) is 36.1. The Morgan fingerprint density at radius 3 is 2.43 bits per heavy atom. The summed E-state index contributed by atoms with van der Waals surface area (Å²) in [5, 5.41) is 10.4. The number of aliphatic hydroxyl groups is 1. The predicted molar refractivity (Wildman–Crippen MR) is 139 cm³/mol. The van der Waals surface area contributed by atoms with E-state index >= 15 is 0 Å². The molecule has 7 nitrogen and oxygen atoms in total. The van der Waals surface area contributed by atoms with Crippen LogP contribution in [-0.2, 0) is 14.4 Å². The summed E-state index contributed by atoms with van der Waals surface area (Å²) < 4.78 is -1.42. The molecule has 1 spiro atoms. The van der Waals surface area contributed by atoms with Crippen LogP contribution in [0, 0.1) is 17.8 Å². The largest absolute Gasteiger partial charge is 0.394 e. The van der Waals surface area contributed by atoms with Gasteiger partial charge in [0.25, 0.3) is 0 Å². The maximum Gasteiger partial charge on any atom is 0.247 e. The summed E-state index contributed by atoms with van der Waals surface area (Å²) in [4.78, 5) is 47.5. The SMILES string of the molecule is CCCCCN1CC=C[C@]23S[C@@]4(C)C=CCN(C)C(=O)[C@H]4[C@H]2C(=O)N([C@@H](CO)[C@@H](C)CC)C3C1=O. The van der Waals surface area contributed by atoms with E-state index in [0.717, 1.165) is 25.7 Å². The average Bonchev–Trinajstić information content (AvgIpc) is 3.11. The van der Waals surface area contributed by atoms with Crippen LogP contribution in [0.2, 0.25) is 0 Å². The van der Waals surface area contributed by atoms with Gasteiger partial charge in [-0.3, -0.25) is 14.4 Å². The van der Waals surface area contributed by atoms with Crippen LogP contribution >= 0.6 is 11.8 Å². The van der Waals surface area contributed by atoms with E-state index in [1.54, 1.807) is 28.6 Å². The fraction of sp³-hybridized carbons (Fsp3) is 0.741. The zero-order valence-corrected chi connectivity index (χ0v) is 22.6. The highest BCUT2D eigenvalue weighted by Crippen LogP contribution is 2.65. The number of nitrogens with zero attached hydrogens (tertiary/aromatic N) is 3. The van der Waals surface area contributed by atoms with Gasteiger partial charge in [0.1, 0.15) is 6.04 Å². The van der Waals surface area contributed by atoms with Crippen molar-refractivity contribution in [2.75, 3.05) is 33.3 Å². The Bertz CT molecular complexity index is 922. The van der Waals surface area contributed by atoms with Crippen molar-refractivity contribution in [1.82, 2.24) is 14.7 Å².